The Morgan fingerprint density at radius 3 is 2.43 bits per heavy atom. The summed E-state index contributed by atoms with van der Waals surface area (Å²) in [6.07, 6.45) is 3.95. The van der Waals surface area contributed by atoms with Crippen LogP contribution in [-0.4, -0.2) is 48.4 Å². The molecule has 1 amide bonds. The average molecular weight is 300 g/mol. The highest BCUT2D eigenvalue weighted by Gasteiger charge is 2.28. The molecule has 4 nitrogen and oxygen atoms in total. The fourth-order valence-corrected chi connectivity index (χ4v) is 3.28. The predicted octanol–water partition coefficient (Wildman–Crippen LogP) is 3.11. The highest BCUT2D eigenvalue weighted by Crippen LogP contribution is 2.27. The molecule has 1 saturated carbocycles. The number of nitrogens with one attached hydrogen (secondary N) is 1. The van der Waals surface area contributed by atoms with E-state index in [1.165, 1.54) is 0 Å². The Morgan fingerprint density at radius 2 is 1.90 bits per heavy atom. The van der Waals surface area contributed by atoms with Crippen LogP contribution in [0.15, 0.2) is 0 Å². The highest BCUT2D eigenvalue weighted by molar-refractivity contribution is 5.68. The highest BCUT2D eigenvalue weighted by atomic mass is 19.1. The first kappa shape index (κ1) is 16.5. The fourth-order valence-electron chi connectivity index (χ4n) is 3.28. The van der Waals surface area contributed by atoms with Gasteiger partial charge in [-0.15, -0.1) is 0 Å². The molecule has 1 heterocycles. The minimum atomic E-state index is -0.629. The van der Waals surface area contributed by atoms with Crippen LogP contribution in [0.5, 0.6) is 0 Å². The molecule has 1 saturated heterocycles. The second kappa shape index (κ2) is 6.95. The summed E-state index contributed by atoms with van der Waals surface area (Å²) in [5.41, 5.74) is -0.444. The number of nitrogens with zero attached hydrogens (tertiary/aromatic N) is 1. The molecule has 21 heavy (non-hydrogen) atoms. The summed E-state index contributed by atoms with van der Waals surface area (Å²) in [5, 5.41) is 2.96. The van der Waals surface area contributed by atoms with E-state index in [0.717, 1.165) is 38.8 Å². The molecular weight excluding hydrogens is 271 g/mol. The van der Waals surface area contributed by atoms with Gasteiger partial charge in [-0.1, -0.05) is 0 Å². The Balaban J connectivity index is 1.65. The Hall–Kier alpha value is -0.840. The maximum Gasteiger partial charge on any atom is 0.407 e. The van der Waals surface area contributed by atoms with Gasteiger partial charge in [-0.2, -0.15) is 0 Å². The summed E-state index contributed by atoms with van der Waals surface area (Å²) in [6.45, 7) is 8.14. The third-order valence-corrected chi connectivity index (χ3v) is 4.30. The number of ether oxygens (including phenoxy) is 1. The van der Waals surface area contributed by atoms with Crippen molar-refractivity contribution in [2.45, 2.75) is 70.7 Å². The number of alkyl carbamates (subject to hydrolysis) is 1. The van der Waals surface area contributed by atoms with Crippen LogP contribution in [0.3, 0.4) is 0 Å². The predicted molar refractivity (Wildman–Crippen MR) is 81.1 cm³/mol. The lowest BCUT2D eigenvalue weighted by Crippen LogP contribution is -2.42. The summed E-state index contributed by atoms with van der Waals surface area (Å²) in [7, 11) is 0. The van der Waals surface area contributed by atoms with Gasteiger partial charge in [0.25, 0.3) is 0 Å². The maximum absolute atomic E-state index is 13.2. The molecular formula is C16H29FN2O2. The van der Waals surface area contributed by atoms with Gasteiger partial charge < -0.3 is 15.0 Å². The van der Waals surface area contributed by atoms with Gasteiger partial charge in [-0.25, -0.2) is 9.18 Å². The van der Waals surface area contributed by atoms with Gasteiger partial charge in [-0.3, -0.25) is 0 Å². The monoisotopic (exact) mass is 300 g/mol. The minimum absolute atomic E-state index is 0.226. The molecule has 122 valence electrons. The molecule has 0 aromatic carbocycles. The van der Waals surface area contributed by atoms with Gasteiger partial charge in [0, 0.05) is 25.7 Å². The van der Waals surface area contributed by atoms with Crippen molar-refractivity contribution in [3.8, 4) is 0 Å². The standard InChI is InChI=1S/C16H29FN2O2/c1-16(2,3)21-15(20)18-14-6-4-12(5-7-14)10-19-9-8-13(17)11-19/h12-14H,4-11H2,1-3H3,(H,18,20)/t12-,13-,14-/m1/s1. The number of amides is 1. The molecule has 0 unspecified atom stereocenters. The van der Waals surface area contributed by atoms with E-state index >= 15 is 0 Å². The second-order valence-electron chi connectivity index (χ2n) is 7.51. The summed E-state index contributed by atoms with van der Waals surface area (Å²) in [5.74, 6) is 0.645. The van der Waals surface area contributed by atoms with E-state index < -0.39 is 11.8 Å². The lowest BCUT2D eigenvalue weighted by molar-refractivity contribution is 0.0484. The van der Waals surface area contributed by atoms with Crippen molar-refractivity contribution in [1.82, 2.24) is 10.2 Å². The Labute approximate surface area is 127 Å². The summed E-state index contributed by atoms with van der Waals surface area (Å²) < 4.78 is 18.5. The van der Waals surface area contributed by atoms with E-state index in [9.17, 15) is 9.18 Å². The molecule has 2 fully saturated rings. The normalized spacial score (nSPS) is 31.1. The first-order valence-corrected chi connectivity index (χ1v) is 8.18. The smallest absolute Gasteiger partial charge is 0.407 e. The number of alkyl halides is 1. The molecule has 1 aliphatic carbocycles. The lowest BCUT2D eigenvalue weighted by Gasteiger charge is -2.32. The van der Waals surface area contributed by atoms with Gasteiger partial charge >= 0.3 is 6.09 Å². The van der Waals surface area contributed by atoms with E-state index in [1.54, 1.807) is 0 Å². The summed E-state index contributed by atoms with van der Waals surface area (Å²) in [4.78, 5) is 14.0. The molecule has 2 rings (SSSR count). The number of carbonyl (C=O) groups excluding carboxylic acids is 1. The van der Waals surface area contributed by atoms with Crippen molar-refractivity contribution < 1.29 is 13.9 Å². The van der Waals surface area contributed by atoms with Crippen molar-refractivity contribution in [1.29, 1.82) is 0 Å². The topological polar surface area (TPSA) is 41.6 Å². The van der Waals surface area contributed by atoms with Crippen LogP contribution in [0, 0.1) is 5.92 Å². The van der Waals surface area contributed by atoms with Gasteiger partial charge in [0.2, 0.25) is 0 Å². The van der Waals surface area contributed by atoms with Crippen LogP contribution in [0.25, 0.3) is 0 Å². The zero-order chi connectivity index (χ0) is 15.5. The van der Waals surface area contributed by atoms with E-state index in [-0.39, 0.29) is 12.1 Å². The van der Waals surface area contributed by atoms with E-state index in [1.807, 2.05) is 20.8 Å². The molecule has 1 aliphatic heterocycles. The van der Waals surface area contributed by atoms with Crippen molar-refractivity contribution >= 4 is 6.09 Å². The van der Waals surface area contributed by atoms with E-state index in [0.29, 0.717) is 18.9 Å². The summed E-state index contributed by atoms with van der Waals surface area (Å²) in [6, 6.07) is 0.226. The molecule has 1 atom stereocenters. The third-order valence-electron chi connectivity index (χ3n) is 4.30. The summed E-state index contributed by atoms with van der Waals surface area (Å²) >= 11 is 0. The first-order chi connectivity index (χ1) is 9.82. The average Bonchev–Trinajstić information content (AvgIpc) is 2.75. The molecule has 0 aromatic heterocycles. The van der Waals surface area contributed by atoms with Gasteiger partial charge in [-0.05, 0) is 58.8 Å². The van der Waals surface area contributed by atoms with Crippen LogP contribution >= 0.6 is 0 Å². The van der Waals surface area contributed by atoms with Crippen molar-refractivity contribution in [2.75, 3.05) is 19.6 Å². The van der Waals surface area contributed by atoms with Crippen molar-refractivity contribution in [3.05, 3.63) is 0 Å². The molecule has 0 radical (unpaired) electrons. The van der Waals surface area contributed by atoms with Crippen molar-refractivity contribution in [3.63, 3.8) is 0 Å². The largest absolute Gasteiger partial charge is 0.444 e. The number of hydrogen-bond donors (Lipinski definition) is 1. The molecule has 1 N–H and O–H groups in total. The number of likely N-dealkylation sites (tertiary alicyclic amines) is 1. The molecule has 5 heteroatoms. The van der Waals surface area contributed by atoms with E-state index in [4.69, 9.17) is 4.74 Å². The zero-order valence-electron chi connectivity index (χ0n) is 13.5. The number of halogens is 1. The van der Waals surface area contributed by atoms with Crippen molar-refractivity contribution in [2.24, 2.45) is 5.92 Å². The van der Waals surface area contributed by atoms with Gasteiger partial charge in [0.05, 0.1) is 0 Å². The molecule has 0 bridgehead atoms. The fraction of sp³-hybridized carbons (Fsp3) is 0.938. The zero-order valence-corrected chi connectivity index (χ0v) is 13.5. The molecule has 0 aromatic rings. The van der Waals surface area contributed by atoms with Gasteiger partial charge in [0.1, 0.15) is 11.8 Å². The Bertz CT molecular complexity index is 349. The number of carbonyl (C=O) groups is 1. The lowest BCUT2D eigenvalue weighted by atomic mass is 9.86. The maximum atomic E-state index is 13.2. The SMILES string of the molecule is CC(C)(C)OC(=O)N[C@H]1CC[C@H](CN2CC[C@@H](F)C2)CC1. The Kier molecular flexibility index (Phi) is 5.47. The van der Waals surface area contributed by atoms with Crippen LogP contribution < -0.4 is 5.32 Å². The third kappa shape index (κ3) is 5.81. The molecule has 2 aliphatic rings. The van der Waals surface area contributed by atoms with Crippen LogP contribution in [0.4, 0.5) is 9.18 Å². The first-order valence-electron chi connectivity index (χ1n) is 8.18. The van der Waals surface area contributed by atoms with Crippen LogP contribution in [0.1, 0.15) is 52.9 Å². The number of rotatable bonds is 3. The minimum Gasteiger partial charge on any atom is -0.444 e. The quantitative estimate of drug-likeness (QED) is 0.870. The van der Waals surface area contributed by atoms with Crippen LogP contribution in [-0.2, 0) is 4.74 Å². The molecule has 0 spiro atoms. The van der Waals surface area contributed by atoms with Crippen LogP contribution in [0.2, 0.25) is 0 Å². The van der Waals surface area contributed by atoms with Gasteiger partial charge in [0.15, 0.2) is 0 Å². The number of hydrogen-bond acceptors (Lipinski definition) is 3. The second-order valence-corrected chi connectivity index (χ2v) is 7.51. The Morgan fingerprint density at radius 1 is 1.24 bits per heavy atom. The van der Waals surface area contributed by atoms with E-state index in [2.05, 4.69) is 10.2 Å².